The zero-order chi connectivity index (χ0) is 22.4. The number of para-hydroxylation sites is 2. The average molecular weight is 459 g/mol. The summed E-state index contributed by atoms with van der Waals surface area (Å²) < 4.78 is 32.3. The van der Waals surface area contributed by atoms with Gasteiger partial charge in [0.25, 0.3) is 10.0 Å². The van der Waals surface area contributed by atoms with Crippen LogP contribution < -0.4 is 9.62 Å². The Morgan fingerprint density at radius 2 is 1.55 bits per heavy atom. The van der Waals surface area contributed by atoms with E-state index in [0.717, 1.165) is 4.31 Å². The van der Waals surface area contributed by atoms with Crippen LogP contribution in [0.2, 0.25) is 5.02 Å². The van der Waals surface area contributed by atoms with E-state index in [9.17, 15) is 18.0 Å². The van der Waals surface area contributed by atoms with E-state index < -0.39 is 28.4 Å². The molecular weight excluding hydrogens is 440 g/mol. The van der Waals surface area contributed by atoms with Gasteiger partial charge in [-0.25, -0.2) is 13.2 Å². The summed E-state index contributed by atoms with van der Waals surface area (Å²) in [6, 6.07) is 20.3. The van der Waals surface area contributed by atoms with Crippen molar-refractivity contribution in [3.8, 4) is 0 Å². The summed E-state index contributed by atoms with van der Waals surface area (Å²) in [4.78, 5) is 24.8. The highest BCUT2D eigenvalue weighted by molar-refractivity contribution is 7.92. The molecule has 0 aliphatic carbocycles. The number of hydrogen-bond donors (Lipinski definition) is 1. The van der Waals surface area contributed by atoms with Crippen LogP contribution in [-0.2, 0) is 19.6 Å². The number of hydrogen-bond acceptors (Lipinski definition) is 5. The second-order valence-electron chi connectivity index (χ2n) is 6.36. The van der Waals surface area contributed by atoms with Gasteiger partial charge in [-0.1, -0.05) is 54.1 Å². The molecule has 160 valence electrons. The summed E-state index contributed by atoms with van der Waals surface area (Å²) in [7, 11) is -2.87. The van der Waals surface area contributed by atoms with Crippen LogP contribution in [0.15, 0.2) is 83.8 Å². The van der Waals surface area contributed by atoms with E-state index in [1.807, 2.05) is 0 Å². The van der Waals surface area contributed by atoms with Crippen molar-refractivity contribution < 1.29 is 22.7 Å². The third kappa shape index (κ3) is 5.04. The zero-order valence-electron chi connectivity index (χ0n) is 16.5. The van der Waals surface area contributed by atoms with E-state index in [0.29, 0.717) is 0 Å². The normalized spacial score (nSPS) is 10.9. The highest BCUT2D eigenvalue weighted by Gasteiger charge is 2.29. The largest absolute Gasteiger partial charge is 0.465 e. The van der Waals surface area contributed by atoms with E-state index in [-0.39, 0.29) is 26.9 Å². The van der Waals surface area contributed by atoms with Gasteiger partial charge in [-0.2, -0.15) is 0 Å². The van der Waals surface area contributed by atoms with Crippen LogP contribution in [0.5, 0.6) is 0 Å². The van der Waals surface area contributed by atoms with Crippen LogP contribution in [0, 0.1) is 0 Å². The first-order valence-electron chi connectivity index (χ1n) is 9.14. The molecule has 0 aliphatic rings. The first kappa shape index (κ1) is 22.3. The first-order chi connectivity index (χ1) is 14.8. The third-order valence-electron chi connectivity index (χ3n) is 4.35. The minimum Gasteiger partial charge on any atom is -0.465 e. The Kier molecular flexibility index (Phi) is 6.94. The molecule has 0 bridgehead atoms. The van der Waals surface area contributed by atoms with Gasteiger partial charge in [-0.05, 0) is 36.4 Å². The quantitative estimate of drug-likeness (QED) is 0.541. The van der Waals surface area contributed by atoms with Crippen molar-refractivity contribution in [1.29, 1.82) is 0 Å². The van der Waals surface area contributed by atoms with Crippen molar-refractivity contribution in [2.24, 2.45) is 0 Å². The lowest BCUT2D eigenvalue weighted by atomic mass is 10.2. The van der Waals surface area contributed by atoms with Crippen LogP contribution >= 0.6 is 11.6 Å². The molecule has 1 N–H and O–H groups in total. The molecule has 31 heavy (non-hydrogen) atoms. The Morgan fingerprint density at radius 3 is 2.23 bits per heavy atom. The van der Waals surface area contributed by atoms with Gasteiger partial charge >= 0.3 is 5.97 Å². The fraction of sp³-hybridized carbons (Fsp3) is 0.0909. The van der Waals surface area contributed by atoms with Crippen LogP contribution in [0.1, 0.15) is 10.4 Å². The van der Waals surface area contributed by atoms with Gasteiger partial charge in [-0.3, -0.25) is 9.10 Å². The monoisotopic (exact) mass is 458 g/mol. The topological polar surface area (TPSA) is 92.8 Å². The van der Waals surface area contributed by atoms with Crippen LogP contribution in [-0.4, -0.2) is 33.9 Å². The highest BCUT2D eigenvalue weighted by atomic mass is 35.5. The van der Waals surface area contributed by atoms with Gasteiger partial charge in [0.2, 0.25) is 5.91 Å². The Morgan fingerprint density at radius 1 is 0.935 bits per heavy atom. The predicted molar refractivity (Wildman–Crippen MR) is 119 cm³/mol. The number of carbonyl (C=O) groups is 2. The molecule has 0 unspecified atom stereocenters. The maximum Gasteiger partial charge on any atom is 0.339 e. The molecule has 0 spiro atoms. The zero-order valence-corrected chi connectivity index (χ0v) is 18.1. The second-order valence-corrected chi connectivity index (χ2v) is 8.63. The number of rotatable bonds is 7. The summed E-state index contributed by atoms with van der Waals surface area (Å²) in [5.74, 6) is -1.29. The molecule has 0 saturated carbocycles. The Balaban J connectivity index is 1.96. The summed E-state index contributed by atoms with van der Waals surface area (Å²) in [6.07, 6.45) is 0. The molecule has 3 aromatic carbocycles. The second kappa shape index (κ2) is 9.63. The molecule has 0 radical (unpaired) electrons. The van der Waals surface area contributed by atoms with Crippen LogP contribution in [0.4, 0.5) is 11.4 Å². The number of carbonyl (C=O) groups excluding carboxylic acids is 2. The van der Waals surface area contributed by atoms with Gasteiger partial charge in [-0.15, -0.1) is 0 Å². The number of anilines is 2. The fourth-order valence-electron chi connectivity index (χ4n) is 2.87. The van der Waals surface area contributed by atoms with Crippen LogP contribution in [0.3, 0.4) is 0 Å². The number of sulfonamides is 1. The molecule has 0 aliphatic heterocycles. The molecule has 0 atom stereocenters. The summed E-state index contributed by atoms with van der Waals surface area (Å²) >= 11 is 6.24. The van der Waals surface area contributed by atoms with Crippen molar-refractivity contribution in [2.75, 3.05) is 23.3 Å². The Bertz CT molecular complexity index is 1200. The molecule has 3 rings (SSSR count). The van der Waals surface area contributed by atoms with E-state index >= 15 is 0 Å². The molecule has 3 aromatic rings. The van der Waals surface area contributed by atoms with Gasteiger partial charge in [0.05, 0.1) is 34.0 Å². The summed E-state index contributed by atoms with van der Waals surface area (Å²) in [5, 5.41) is 2.75. The Hall–Kier alpha value is -3.36. The standard InChI is InChI=1S/C22H19ClN2O5S/c1-30-22(27)17-11-5-7-13-19(17)24-21(26)15-25(20-14-8-6-12-18(20)23)31(28,29)16-9-3-2-4-10-16/h2-14H,15H2,1H3,(H,24,26). The molecule has 1 amide bonds. The number of amides is 1. The Labute approximate surface area is 185 Å². The highest BCUT2D eigenvalue weighted by Crippen LogP contribution is 2.30. The average Bonchev–Trinajstić information content (AvgIpc) is 2.78. The van der Waals surface area contributed by atoms with Crippen molar-refractivity contribution in [3.05, 3.63) is 89.4 Å². The van der Waals surface area contributed by atoms with E-state index in [2.05, 4.69) is 5.32 Å². The molecule has 0 heterocycles. The lowest BCUT2D eigenvalue weighted by molar-refractivity contribution is -0.114. The smallest absolute Gasteiger partial charge is 0.339 e. The van der Waals surface area contributed by atoms with Gasteiger partial charge in [0.1, 0.15) is 6.54 Å². The van der Waals surface area contributed by atoms with Crippen molar-refractivity contribution >= 4 is 44.9 Å². The minimum absolute atomic E-state index is 0.0117. The minimum atomic E-state index is -4.10. The maximum atomic E-state index is 13.3. The van der Waals surface area contributed by atoms with E-state index in [4.69, 9.17) is 16.3 Å². The van der Waals surface area contributed by atoms with E-state index in [1.165, 1.54) is 43.5 Å². The summed E-state index contributed by atoms with van der Waals surface area (Å²) in [6.45, 7) is -0.559. The van der Waals surface area contributed by atoms with Crippen LogP contribution in [0.25, 0.3) is 0 Å². The van der Waals surface area contributed by atoms with Gasteiger partial charge < -0.3 is 10.1 Å². The maximum absolute atomic E-state index is 13.3. The number of nitrogens with zero attached hydrogens (tertiary/aromatic N) is 1. The molecule has 0 aromatic heterocycles. The van der Waals surface area contributed by atoms with E-state index in [1.54, 1.807) is 42.5 Å². The number of methoxy groups -OCH3 is 1. The lowest BCUT2D eigenvalue weighted by Gasteiger charge is -2.25. The van der Waals surface area contributed by atoms with Crippen molar-refractivity contribution in [3.63, 3.8) is 0 Å². The number of ether oxygens (including phenoxy) is 1. The number of benzene rings is 3. The molecule has 7 nitrogen and oxygen atoms in total. The fourth-order valence-corrected chi connectivity index (χ4v) is 4.62. The molecule has 9 heteroatoms. The number of nitrogens with one attached hydrogen (secondary N) is 1. The molecule has 0 saturated heterocycles. The molecule has 0 fully saturated rings. The third-order valence-corrected chi connectivity index (χ3v) is 6.44. The van der Waals surface area contributed by atoms with Gasteiger partial charge in [0.15, 0.2) is 0 Å². The lowest BCUT2D eigenvalue weighted by Crippen LogP contribution is -2.38. The van der Waals surface area contributed by atoms with Gasteiger partial charge in [0, 0.05) is 0 Å². The first-order valence-corrected chi connectivity index (χ1v) is 11.0. The predicted octanol–water partition coefficient (Wildman–Crippen LogP) is 3.96. The SMILES string of the molecule is COC(=O)c1ccccc1NC(=O)CN(c1ccccc1Cl)S(=O)(=O)c1ccccc1. The molecular formula is C22H19ClN2O5S. The van der Waals surface area contributed by atoms with Crippen molar-refractivity contribution in [2.45, 2.75) is 4.90 Å². The summed E-state index contributed by atoms with van der Waals surface area (Å²) in [5.41, 5.74) is 0.508. The number of halogens is 1. The number of esters is 1. The van der Waals surface area contributed by atoms with Crippen molar-refractivity contribution in [1.82, 2.24) is 0 Å².